The Morgan fingerprint density at radius 1 is 1.15 bits per heavy atom. The van der Waals surface area contributed by atoms with Crippen LogP contribution in [-0.4, -0.2) is 54.5 Å². The summed E-state index contributed by atoms with van der Waals surface area (Å²) in [7, 11) is 0. The lowest BCUT2D eigenvalue weighted by molar-refractivity contribution is -0.134. The maximum Gasteiger partial charge on any atom is 0.233 e. The Morgan fingerprint density at radius 2 is 1.92 bits per heavy atom. The van der Waals surface area contributed by atoms with E-state index in [1.807, 2.05) is 0 Å². The lowest BCUT2D eigenvalue weighted by Crippen LogP contribution is -2.50. The van der Waals surface area contributed by atoms with Crippen molar-refractivity contribution in [3.8, 4) is 11.4 Å². The van der Waals surface area contributed by atoms with Gasteiger partial charge in [-0.3, -0.25) is 4.79 Å². The number of thioether (sulfide) groups is 1. The van der Waals surface area contributed by atoms with Gasteiger partial charge >= 0.3 is 0 Å². The van der Waals surface area contributed by atoms with Gasteiger partial charge in [0.05, 0.1) is 11.4 Å². The summed E-state index contributed by atoms with van der Waals surface area (Å²) in [6.07, 6.45) is 7.33. The van der Waals surface area contributed by atoms with Crippen LogP contribution in [0.3, 0.4) is 0 Å². The highest BCUT2D eigenvalue weighted by atomic mass is 32.2. The van der Waals surface area contributed by atoms with Crippen LogP contribution in [0.2, 0.25) is 0 Å². The molecule has 2 heterocycles. The molecule has 1 N–H and O–H groups in total. The Morgan fingerprint density at radius 3 is 2.77 bits per heavy atom. The number of phenols is 1. The van der Waals surface area contributed by atoms with Gasteiger partial charge in [-0.1, -0.05) is 24.6 Å². The second kappa shape index (κ2) is 7.65. The summed E-state index contributed by atoms with van der Waals surface area (Å²) in [5.74, 6) is 1.42. The second-order valence-corrected chi connectivity index (χ2v) is 7.96. The largest absolute Gasteiger partial charge is 0.508 e. The Hall–Kier alpha value is -2.09. The van der Waals surface area contributed by atoms with Gasteiger partial charge in [-0.25, -0.2) is 0 Å². The lowest BCUT2D eigenvalue weighted by atomic mass is 9.78. The molecule has 0 radical (unpaired) electrons. The molecule has 1 aliphatic carbocycles. The highest BCUT2D eigenvalue weighted by Gasteiger charge is 2.35. The number of rotatable bonds is 4. The van der Waals surface area contributed by atoms with Gasteiger partial charge in [0.15, 0.2) is 0 Å². The Kier molecular flexibility index (Phi) is 5.10. The zero-order valence-corrected chi connectivity index (χ0v) is 15.4. The SMILES string of the molecule is O=C(CSc1nnnn1-c1ccc(O)cc1)N1CCC[C@@H]2CCCC[C@@H]21. The van der Waals surface area contributed by atoms with E-state index in [9.17, 15) is 9.90 Å². The fraction of sp³-hybridized carbons (Fsp3) is 0.556. The number of tetrazole rings is 1. The maximum atomic E-state index is 12.8. The van der Waals surface area contributed by atoms with E-state index in [1.54, 1.807) is 28.9 Å². The van der Waals surface area contributed by atoms with Gasteiger partial charge in [0, 0.05) is 12.6 Å². The molecule has 2 fully saturated rings. The first-order chi connectivity index (χ1) is 12.7. The van der Waals surface area contributed by atoms with Gasteiger partial charge < -0.3 is 10.0 Å². The molecule has 1 aliphatic heterocycles. The van der Waals surface area contributed by atoms with Crippen molar-refractivity contribution in [2.45, 2.75) is 49.7 Å². The number of aromatic nitrogens is 4. The van der Waals surface area contributed by atoms with Crippen LogP contribution in [-0.2, 0) is 4.79 Å². The second-order valence-electron chi connectivity index (χ2n) is 7.02. The Labute approximate surface area is 156 Å². The summed E-state index contributed by atoms with van der Waals surface area (Å²) >= 11 is 1.37. The van der Waals surface area contributed by atoms with Gasteiger partial charge in [-0.2, -0.15) is 4.68 Å². The number of hydrogen-bond donors (Lipinski definition) is 1. The van der Waals surface area contributed by atoms with Crippen molar-refractivity contribution < 1.29 is 9.90 Å². The minimum atomic E-state index is 0.187. The molecule has 8 heteroatoms. The molecule has 2 aliphatic rings. The lowest BCUT2D eigenvalue weighted by Gasteiger charge is -2.44. The number of carbonyl (C=O) groups excluding carboxylic acids is 1. The third-order valence-electron chi connectivity index (χ3n) is 5.42. The number of carbonyl (C=O) groups is 1. The number of amides is 1. The third kappa shape index (κ3) is 3.56. The molecule has 1 saturated carbocycles. The van der Waals surface area contributed by atoms with Crippen LogP contribution in [0.4, 0.5) is 0 Å². The molecule has 0 bridgehead atoms. The number of piperidine rings is 1. The highest BCUT2D eigenvalue weighted by Crippen LogP contribution is 2.35. The van der Waals surface area contributed by atoms with Crippen molar-refractivity contribution >= 4 is 17.7 Å². The van der Waals surface area contributed by atoms with E-state index in [2.05, 4.69) is 20.4 Å². The zero-order chi connectivity index (χ0) is 17.9. The van der Waals surface area contributed by atoms with Gasteiger partial charge in [0.1, 0.15) is 5.75 Å². The molecule has 26 heavy (non-hydrogen) atoms. The minimum Gasteiger partial charge on any atom is -0.508 e. The van der Waals surface area contributed by atoms with Gasteiger partial charge in [-0.05, 0) is 66.3 Å². The predicted octanol–water partition coefficient (Wildman–Crippen LogP) is 2.64. The summed E-state index contributed by atoms with van der Waals surface area (Å²) in [6, 6.07) is 7.10. The first-order valence-corrected chi connectivity index (χ1v) is 10.2. The first kappa shape index (κ1) is 17.3. The van der Waals surface area contributed by atoms with E-state index in [4.69, 9.17) is 0 Å². The Balaban J connectivity index is 1.42. The smallest absolute Gasteiger partial charge is 0.233 e. The van der Waals surface area contributed by atoms with E-state index in [1.165, 1.54) is 37.4 Å². The van der Waals surface area contributed by atoms with Crippen LogP contribution in [0, 0.1) is 5.92 Å². The van der Waals surface area contributed by atoms with Crippen LogP contribution < -0.4 is 0 Å². The quantitative estimate of drug-likeness (QED) is 0.830. The maximum absolute atomic E-state index is 12.8. The molecular formula is C18H23N5O2S. The molecule has 1 saturated heterocycles. The van der Waals surface area contributed by atoms with Crippen molar-refractivity contribution in [1.82, 2.24) is 25.1 Å². The number of aromatic hydroxyl groups is 1. The molecule has 1 aromatic heterocycles. The van der Waals surface area contributed by atoms with Crippen LogP contribution >= 0.6 is 11.8 Å². The van der Waals surface area contributed by atoms with E-state index < -0.39 is 0 Å². The molecule has 2 atom stereocenters. The normalized spacial score (nSPS) is 22.8. The molecule has 2 aromatic rings. The molecule has 0 spiro atoms. The summed E-state index contributed by atoms with van der Waals surface area (Å²) in [5.41, 5.74) is 0.757. The van der Waals surface area contributed by atoms with E-state index in [0.717, 1.165) is 25.1 Å². The van der Waals surface area contributed by atoms with E-state index >= 15 is 0 Å². The van der Waals surface area contributed by atoms with E-state index in [0.29, 0.717) is 22.9 Å². The number of hydrogen-bond acceptors (Lipinski definition) is 6. The molecule has 1 aromatic carbocycles. The summed E-state index contributed by atoms with van der Waals surface area (Å²) < 4.78 is 1.59. The number of benzene rings is 1. The van der Waals surface area contributed by atoms with Crippen LogP contribution in [0.25, 0.3) is 5.69 Å². The minimum absolute atomic E-state index is 0.187. The van der Waals surface area contributed by atoms with Gasteiger partial charge in [0.25, 0.3) is 0 Å². The van der Waals surface area contributed by atoms with Gasteiger partial charge in [0.2, 0.25) is 11.1 Å². The fourth-order valence-electron chi connectivity index (χ4n) is 4.17. The molecule has 7 nitrogen and oxygen atoms in total. The standard InChI is InChI=1S/C18H23N5O2S/c24-15-9-7-14(8-10-15)23-18(19-20-21-23)26-12-17(25)22-11-3-5-13-4-1-2-6-16(13)22/h7-10,13,16,24H,1-6,11-12H2/t13-,16-/m0/s1. The van der Waals surface area contributed by atoms with Crippen molar-refractivity contribution in [3.63, 3.8) is 0 Å². The average Bonchev–Trinajstić information content (AvgIpc) is 3.15. The van der Waals surface area contributed by atoms with Crippen LogP contribution in [0.1, 0.15) is 38.5 Å². The van der Waals surface area contributed by atoms with E-state index in [-0.39, 0.29) is 11.7 Å². The topological polar surface area (TPSA) is 84.1 Å². The fourth-order valence-corrected chi connectivity index (χ4v) is 4.95. The summed E-state index contributed by atoms with van der Waals surface area (Å²) in [4.78, 5) is 14.9. The van der Waals surface area contributed by atoms with Gasteiger partial charge in [-0.15, -0.1) is 5.10 Å². The number of phenolic OH excluding ortho intramolecular Hbond substituents is 1. The zero-order valence-electron chi connectivity index (χ0n) is 14.6. The third-order valence-corrected chi connectivity index (χ3v) is 6.33. The number of likely N-dealkylation sites (tertiary alicyclic amines) is 1. The Bertz CT molecular complexity index is 761. The number of nitrogens with zero attached hydrogens (tertiary/aromatic N) is 5. The van der Waals surface area contributed by atoms with Crippen LogP contribution in [0.15, 0.2) is 29.4 Å². The molecule has 4 rings (SSSR count). The summed E-state index contributed by atoms with van der Waals surface area (Å²) in [5, 5.41) is 21.8. The van der Waals surface area contributed by atoms with Crippen molar-refractivity contribution in [2.24, 2.45) is 5.92 Å². The van der Waals surface area contributed by atoms with Crippen molar-refractivity contribution in [1.29, 1.82) is 0 Å². The van der Waals surface area contributed by atoms with Crippen molar-refractivity contribution in [3.05, 3.63) is 24.3 Å². The molecule has 1 amide bonds. The summed E-state index contributed by atoms with van der Waals surface area (Å²) in [6.45, 7) is 0.878. The van der Waals surface area contributed by atoms with Crippen LogP contribution in [0.5, 0.6) is 5.75 Å². The van der Waals surface area contributed by atoms with Crippen molar-refractivity contribution in [2.75, 3.05) is 12.3 Å². The first-order valence-electron chi connectivity index (χ1n) is 9.22. The predicted molar refractivity (Wildman–Crippen MR) is 98.2 cm³/mol. The molecule has 138 valence electrons. The monoisotopic (exact) mass is 373 g/mol. The molecular weight excluding hydrogens is 350 g/mol. The average molecular weight is 373 g/mol. The molecule has 0 unspecified atom stereocenters. The number of fused-ring (bicyclic) bond motifs is 1. The highest BCUT2D eigenvalue weighted by molar-refractivity contribution is 7.99.